The number of benzene rings is 2. The van der Waals surface area contributed by atoms with Gasteiger partial charge in [-0.05, 0) is 41.0 Å². The van der Waals surface area contributed by atoms with E-state index in [0.717, 1.165) is 11.1 Å². The van der Waals surface area contributed by atoms with E-state index >= 15 is 0 Å². The van der Waals surface area contributed by atoms with Crippen molar-refractivity contribution in [2.45, 2.75) is 71.8 Å². The van der Waals surface area contributed by atoms with E-state index in [1.54, 1.807) is 6.92 Å². The van der Waals surface area contributed by atoms with E-state index in [9.17, 15) is 14.7 Å². The third kappa shape index (κ3) is 6.80. The van der Waals surface area contributed by atoms with Gasteiger partial charge in [-0.1, -0.05) is 83.1 Å². The summed E-state index contributed by atoms with van der Waals surface area (Å²) in [5.74, 6) is -1.16. The highest BCUT2D eigenvalue weighted by Gasteiger charge is 2.29. The molecule has 38 heavy (non-hydrogen) atoms. The van der Waals surface area contributed by atoms with Crippen LogP contribution in [0.15, 0.2) is 60.8 Å². The SMILES string of the molecule is COc1ccnc(C(=O)C[C@@H](C)C(=O)O[C@@H](C)C(c2ccc(C(C)C)cc2)c2ccc(C(C)C)cc2)c1O. The number of carbonyl (C=O) groups excluding carboxylic acids is 2. The van der Waals surface area contributed by atoms with Gasteiger partial charge in [-0.25, -0.2) is 4.98 Å². The molecule has 3 aromatic rings. The molecule has 0 aliphatic carbocycles. The third-order valence-corrected chi connectivity index (χ3v) is 6.96. The summed E-state index contributed by atoms with van der Waals surface area (Å²) in [4.78, 5) is 29.9. The maximum Gasteiger partial charge on any atom is 0.309 e. The summed E-state index contributed by atoms with van der Waals surface area (Å²) in [5, 5.41) is 10.3. The van der Waals surface area contributed by atoms with Crippen LogP contribution in [-0.4, -0.2) is 35.1 Å². The Morgan fingerprint density at radius 2 is 1.26 bits per heavy atom. The summed E-state index contributed by atoms with van der Waals surface area (Å²) in [6, 6.07) is 18.4. The van der Waals surface area contributed by atoms with Gasteiger partial charge in [-0.2, -0.15) is 0 Å². The van der Waals surface area contributed by atoms with Crippen molar-refractivity contribution in [3.63, 3.8) is 0 Å². The number of hydrogen-bond donors (Lipinski definition) is 1. The Morgan fingerprint density at radius 1 is 0.789 bits per heavy atom. The second-order valence-corrected chi connectivity index (χ2v) is 10.5. The number of pyridine rings is 1. The molecule has 202 valence electrons. The van der Waals surface area contributed by atoms with Gasteiger partial charge in [0.25, 0.3) is 0 Å². The van der Waals surface area contributed by atoms with Crippen molar-refractivity contribution in [2.24, 2.45) is 5.92 Å². The molecule has 6 heteroatoms. The first-order chi connectivity index (χ1) is 18.0. The number of esters is 1. The van der Waals surface area contributed by atoms with Crippen LogP contribution in [0.4, 0.5) is 0 Å². The van der Waals surface area contributed by atoms with Gasteiger partial charge < -0.3 is 14.6 Å². The molecule has 0 fully saturated rings. The average molecular weight is 518 g/mol. The van der Waals surface area contributed by atoms with Crippen molar-refractivity contribution in [2.75, 3.05) is 7.11 Å². The number of aromatic nitrogens is 1. The fourth-order valence-corrected chi connectivity index (χ4v) is 4.54. The molecule has 0 unspecified atom stereocenters. The van der Waals surface area contributed by atoms with Gasteiger partial charge in [0, 0.05) is 24.6 Å². The van der Waals surface area contributed by atoms with Gasteiger partial charge in [-0.15, -0.1) is 0 Å². The van der Waals surface area contributed by atoms with Crippen LogP contribution in [0, 0.1) is 5.92 Å². The Labute approximate surface area is 226 Å². The van der Waals surface area contributed by atoms with Crippen LogP contribution in [0.1, 0.15) is 98.5 Å². The summed E-state index contributed by atoms with van der Waals surface area (Å²) in [7, 11) is 1.40. The summed E-state index contributed by atoms with van der Waals surface area (Å²) < 4.78 is 11.0. The molecule has 0 spiro atoms. The number of hydrogen-bond acceptors (Lipinski definition) is 6. The monoisotopic (exact) mass is 517 g/mol. The average Bonchev–Trinajstić information content (AvgIpc) is 2.89. The molecular weight excluding hydrogens is 478 g/mol. The van der Waals surface area contributed by atoms with Crippen LogP contribution in [0.25, 0.3) is 0 Å². The smallest absolute Gasteiger partial charge is 0.309 e. The minimum Gasteiger partial charge on any atom is -0.503 e. The lowest BCUT2D eigenvalue weighted by molar-refractivity contribution is -0.153. The van der Waals surface area contributed by atoms with E-state index in [1.165, 1.54) is 30.5 Å². The molecule has 1 heterocycles. The van der Waals surface area contributed by atoms with E-state index in [4.69, 9.17) is 9.47 Å². The number of rotatable bonds is 11. The quantitative estimate of drug-likeness (QED) is 0.217. The van der Waals surface area contributed by atoms with Gasteiger partial charge in [0.05, 0.1) is 13.0 Å². The first kappa shape index (κ1) is 28.9. The fourth-order valence-electron chi connectivity index (χ4n) is 4.54. The molecular formula is C32H39NO5. The second kappa shape index (κ2) is 12.7. The van der Waals surface area contributed by atoms with Crippen molar-refractivity contribution in [1.82, 2.24) is 4.98 Å². The molecule has 1 aromatic heterocycles. The van der Waals surface area contributed by atoms with Gasteiger partial charge >= 0.3 is 5.97 Å². The van der Waals surface area contributed by atoms with Gasteiger partial charge in [0.2, 0.25) is 0 Å². The highest BCUT2D eigenvalue weighted by molar-refractivity contribution is 5.99. The van der Waals surface area contributed by atoms with E-state index in [0.29, 0.717) is 11.8 Å². The Morgan fingerprint density at radius 3 is 1.71 bits per heavy atom. The molecule has 0 radical (unpaired) electrons. The summed E-state index contributed by atoms with van der Waals surface area (Å²) in [6.07, 6.45) is 0.769. The number of methoxy groups -OCH3 is 1. The Hall–Kier alpha value is -3.67. The minimum absolute atomic E-state index is 0.120. The lowest BCUT2D eigenvalue weighted by Crippen LogP contribution is -2.28. The predicted octanol–water partition coefficient (Wildman–Crippen LogP) is 7.02. The third-order valence-electron chi connectivity index (χ3n) is 6.96. The number of carbonyl (C=O) groups is 2. The Bertz CT molecular complexity index is 1180. The Kier molecular flexibility index (Phi) is 9.67. The van der Waals surface area contributed by atoms with Crippen LogP contribution in [0.3, 0.4) is 0 Å². The maximum atomic E-state index is 13.1. The highest BCUT2D eigenvalue weighted by Crippen LogP contribution is 2.33. The van der Waals surface area contributed by atoms with Crippen molar-refractivity contribution < 1.29 is 24.2 Å². The number of ether oxygens (including phenoxy) is 2. The van der Waals surface area contributed by atoms with Crippen LogP contribution < -0.4 is 4.74 Å². The molecule has 0 aliphatic rings. The predicted molar refractivity (Wildman–Crippen MR) is 149 cm³/mol. The molecule has 2 atom stereocenters. The Balaban J connectivity index is 1.81. The van der Waals surface area contributed by atoms with Crippen LogP contribution in [0.5, 0.6) is 11.5 Å². The molecule has 0 aliphatic heterocycles. The van der Waals surface area contributed by atoms with E-state index < -0.39 is 23.8 Å². The summed E-state index contributed by atoms with van der Waals surface area (Å²) in [5.41, 5.74) is 4.48. The summed E-state index contributed by atoms with van der Waals surface area (Å²) in [6.45, 7) is 12.2. The zero-order chi connectivity index (χ0) is 28.0. The molecule has 2 aromatic carbocycles. The van der Waals surface area contributed by atoms with Gasteiger partial charge in [0.1, 0.15) is 6.10 Å². The second-order valence-electron chi connectivity index (χ2n) is 10.5. The van der Waals surface area contributed by atoms with Crippen LogP contribution >= 0.6 is 0 Å². The van der Waals surface area contributed by atoms with Crippen LogP contribution in [0.2, 0.25) is 0 Å². The van der Waals surface area contributed by atoms with Gasteiger partial charge in [0.15, 0.2) is 23.0 Å². The number of aromatic hydroxyl groups is 1. The first-order valence-corrected chi connectivity index (χ1v) is 13.2. The molecule has 6 nitrogen and oxygen atoms in total. The maximum absolute atomic E-state index is 13.1. The number of ketones is 1. The van der Waals surface area contributed by atoms with Crippen molar-refractivity contribution >= 4 is 11.8 Å². The standard InChI is InChI=1S/C32H39NO5/c1-19(2)23-8-12-25(13-9-23)29(26-14-10-24(11-15-26)20(3)4)22(6)38-32(36)21(5)18-27(34)30-31(35)28(37-7)16-17-33-30/h8-17,19-22,29,35H,18H2,1-7H3/t21-,22+/m1/s1. The largest absolute Gasteiger partial charge is 0.503 e. The topological polar surface area (TPSA) is 85.7 Å². The summed E-state index contributed by atoms with van der Waals surface area (Å²) >= 11 is 0. The molecule has 0 amide bonds. The number of Topliss-reactive ketones (excluding diaryl/α,β-unsaturated/α-hetero) is 1. The first-order valence-electron chi connectivity index (χ1n) is 13.2. The highest BCUT2D eigenvalue weighted by atomic mass is 16.5. The lowest BCUT2D eigenvalue weighted by Gasteiger charge is -2.27. The lowest BCUT2D eigenvalue weighted by atomic mass is 9.85. The van der Waals surface area contributed by atoms with Crippen molar-refractivity contribution in [3.05, 3.63) is 88.7 Å². The molecule has 0 saturated heterocycles. The van der Waals surface area contributed by atoms with Crippen LogP contribution in [-0.2, 0) is 9.53 Å². The number of nitrogens with zero attached hydrogens (tertiary/aromatic N) is 1. The zero-order valence-electron chi connectivity index (χ0n) is 23.4. The minimum atomic E-state index is -0.718. The zero-order valence-corrected chi connectivity index (χ0v) is 23.4. The molecule has 0 bridgehead atoms. The van der Waals surface area contributed by atoms with Crippen molar-refractivity contribution in [1.29, 1.82) is 0 Å². The van der Waals surface area contributed by atoms with Gasteiger partial charge in [-0.3, -0.25) is 9.59 Å². The van der Waals surface area contributed by atoms with E-state index in [1.807, 2.05) is 6.92 Å². The van der Waals surface area contributed by atoms with E-state index in [2.05, 4.69) is 81.2 Å². The van der Waals surface area contributed by atoms with E-state index in [-0.39, 0.29) is 29.5 Å². The fraction of sp³-hybridized carbons (Fsp3) is 0.406. The molecule has 1 N–H and O–H groups in total. The molecule has 0 saturated carbocycles. The molecule has 3 rings (SSSR count). The van der Waals surface area contributed by atoms with Crippen molar-refractivity contribution in [3.8, 4) is 11.5 Å². The normalized spacial score (nSPS) is 13.0.